The fourth-order valence-corrected chi connectivity index (χ4v) is 1.76. The van der Waals surface area contributed by atoms with Crippen LogP contribution in [-0.2, 0) is 9.47 Å². The molecule has 0 aromatic rings. The number of hydrogen-bond acceptors (Lipinski definition) is 3. The van der Waals surface area contributed by atoms with Gasteiger partial charge in [-0.05, 0) is 33.6 Å². The topological polar surface area (TPSA) is 38.8 Å². The van der Waals surface area contributed by atoms with Gasteiger partial charge in [-0.25, -0.2) is 4.79 Å². The van der Waals surface area contributed by atoms with Crippen LogP contribution < -0.4 is 0 Å². The molecule has 1 saturated heterocycles. The summed E-state index contributed by atoms with van der Waals surface area (Å²) in [5.41, 5.74) is -0.491. The third-order valence-electron chi connectivity index (χ3n) is 2.52. The van der Waals surface area contributed by atoms with E-state index in [1.54, 1.807) is 4.90 Å². The molecule has 17 heavy (non-hydrogen) atoms. The fraction of sp³-hybridized carbons (Fsp3) is 0.769. The van der Waals surface area contributed by atoms with Gasteiger partial charge < -0.3 is 9.47 Å². The number of amides is 1. The average Bonchev–Trinajstić information content (AvgIpc) is 2.24. The van der Waals surface area contributed by atoms with Crippen LogP contribution in [0.15, 0.2) is 0 Å². The van der Waals surface area contributed by atoms with E-state index in [0.29, 0.717) is 19.8 Å². The third kappa shape index (κ3) is 4.66. The van der Waals surface area contributed by atoms with E-state index >= 15 is 0 Å². The van der Waals surface area contributed by atoms with E-state index in [4.69, 9.17) is 15.9 Å². The highest BCUT2D eigenvalue weighted by atomic mass is 16.6. The quantitative estimate of drug-likeness (QED) is 0.692. The van der Waals surface area contributed by atoms with Crippen LogP contribution in [0.2, 0.25) is 0 Å². The largest absolute Gasteiger partial charge is 0.444 e. The molecule has 1 aliphatic heterocycles. The zero-order valence-corrected chi connectivity index (χ0v) is 10.9. The highest BCUT2D eigenvalue weighted by molar-refractivity contribution is 5.69. The summed E-state index contributed by atoms with van der Waals surface area (Å²) < 4.78 is 10.6. The van der Waals surface area contributed by atoms with Gasteiger partial charge in [-0.15, -0.1) is 6.42 Å². The van der Waals surface area contributed by atoms with Crippen molar-refractivity contribution in [1.29, 1.82) is 0 Å². The molecule has 0 bridgehead atoms. The molecule has 0 saturated carbocycles. The summed E-state index contributed by atoms with van der Waals surface area (Å²) in [5.74, 6) is 2.52. The zero-order chi connectivity index (χ0) is 12.9. The molecule has 0 atom stereocenters. The molecule has 1 rings (SSSR count). The van der Waals surface area contributed by atoms with Crippen molar-refractivity contribution in [2.45, 2.75) is 45.3 Å². The zero-order valence-electron chi connectivity index (χ0n) is 10.9. The van der Waals surface area contributed by atoms with Crippen LogP contribution in [-0.4, -0.2) is 42.4 Å². The molecule has 1 heterocycles. The molecule has 0 N–H and O–H groups in total. The first kappa shape index (κ1) is 13.9. The first-order valence-corrected chi connectivity index (χ1v) is 5.95. The van der Waals surface area contributed by atoms with Crippen LogP contribution in [0, 0.1) is 12.3 Å². The lowest BCUT2D eigenvalue weighted by Gasteiger charge is -2.34. The lowest BCUT2D eigenvalue weighted by atomic mass is 10.1. The third-order valence-corrected chi connectivity index (χ3v) is 2.52. The molecule has 0 spiro atoms. The van der Waals surface area contributed by atoms with Gasteiger partial charge in [0.15, 0.2) is 0 Å². The summed E-state index contributed by atoms with van der Waals surface area (Å²) in [6.07, 6.45) is 6.62. The number of carbonyl (C=O) groups is 1. The first-order chi connectivity index (χ1) is 7.94. The van der Waals surface area contributed by atoms with Crippen molar-refractivity contribution >= 4 is 6.09 Å². The van der Waals surface area contributed by atoms with E-state index in [2.05, 4.69) is 5.92 Å². The minimum Gasteiger partial charge on any atom is -0.444 e. The monoisotopic (exact) mass is 239 g/mol. The summed E-state index contributed by atoms with van der Waals surface area (Å²) >= 11 is 0. The van der Waals surface area contributed by atoms with Crippen LogP contribution in [0.1, 0.15) is 33.6 Å². The Balaban J connectivity index is 2.64. The molecule has 1 amide bonds. The van der Waals surface area contributed by atoms with Crippen LogP contribution in [0.4, 0.5) is 4.79 Å². The summed E-state index contributed by atoms with van der Waals surface area (Å²) in [5, 5.41) is 0. The van der Waals surface area contributed by atoms with Crippen molar-refractivity contribution in [3.05, 3.63) is 0 Å². The van der Waals surface area contributed by atoms with Gasteiger partial charge in [0.2, 0.25) is 0 Å². The van der Waals surface area contributed by atoms with Crippen molar-refractivity contribution in [2.75, 3.05) is 19.8 Å². The summed E-state index contributed by atoms with van der Waals surface area (Å²) in [7, 11) is 0. The molecule has 96 valence electrons. The van der Waals surface area contributed by atoms with Crippen molar-refractivity contribution in [3.8, 4) is 12.3 Å². The maximum Gasteiger partial charge on any atom is 0.411 e. The van der Waals surface area contributed by atoms with E-state index in [0.717, 1.165) is 12.8 Å². The Morgan fingerprint density at radius 3 is 2.53 bits per heavy atom. The van der Waals surface area contributed by atoms with Gasteiger partial charge in [-0.2, -0.15) is 0 Å². The number of nitrogens with zero attached hydrogens (tertiary/aromatic N) is 1. The predicted molar refractivity (Wildman–Crippen MR) is 65.6 cm³/mol. The van der Waals surface area contributed by atoms with E-state index < -0.39 is 5.60 Å². The lowest BCUT2D eigenvalue weighted by Crippen LogP contribution is -2.45. The Labute approximate surface area is 103 Å². The maximum atomic E-state index is 12.0. The molecule has 1 aliphatic rings. The number of rotatable bonds is 2. The highest BCUT2D eigenvalue weighted by Crippen LogP contribution is 2.18. The lowest BCUT2D eigenvalue weighted by molar-refractivity contribution is -0.00174. The van der Waals surface area contributed by atoms with Crippen LogP contribution in [0.5, 0.6) is 0 Å². The van der Waals surface area contributed by atoms with Crippen molar-refractivity contribution < 1.29 is 14.3 Å². The summed E-state index contributed by atoms with van der Waals surface area (Å²) in [6.45, 7) is 7.19. The molecule has 4 heteroatoms. The van der Waals surface area contributed by atoms with Gasteiger partial charge in [0.1, 0.15) is 5.60 Å². The first-order valence-electron chi connectivity index (χ1n) is 5.95. The fourth-order valence-electron chi connectivity index (χ4n) is 1.76. The summed E-state index contributed by atoms with van der Waals surface area (Å²) in [4.78, 5) is 13.6. The van der Waals surface area contributed by atoms with Crippen molar-refractivity contribution in [2.24, 2.45) is 0 Å². The minimum atomic E-state index is -0.491. The molecule has 1 fully saturated rings. The van der Waals surface area contributed by atoms with Gasteiger partial charge in [0.05, 0.1) is 6.54 Å². The molecule has 4 nitrogen and oxygen atoms in total. The molecular weight excluding hydrogens is 218 g/mol. The predicted octanol–water partition coefficient (Wildman–Crippen LogP) is 2.04. The molecular formula is C13H21NO3. The average molecular weight is 239 g/mol. The molecule has 0 aliphatic carbocycles. The SMILES string of the molecule is C#CCN(C(=O)OC(C)(C)C)C1CCOCC1. The Bertz CT molecular complexity index is 295. The Morgan fingerprint density at radius 1 is 1.47 bits per heavy atom. The second kappa shape index (κ2) is 5.92. The van der Waals surface area contributed by atoms with E-state index in [-0.39, 0.29) is 12.1 Å². The van der Waals surface area contributed by atoms with Crippen LogP contribution in [0.3, 0.4) is 0 Å². The van der Waals surface area contributed by atoms with Gasteiger partial charge in [0.25, 0.3) is 0 Å². The number of hydrogen-bond donors (Lipinski definition) is 0. The van der Waals surface area contributed by atoms with E-state index in [1.165, 1.54) is 0 Å². The Morgan fingerprint density at radius 2 is 2.06 bits per heavy atom. The molecule has 0 radical (unpaired) electrons. The number of carbonyl (C=O) groups excluding carboxylic acids is 1. The maximum absolute atomic E-state index is 12.0. The minimum absolute atomic E-state index is 0.134. The van der Waals surface area contributed by atoms with Crippen molar-refractivity contribution in [3.63, 3.8) is 0 Å². The van der Waals surface area contributed by atoms with Crippen LogP contribution in [0.25, 0.3) is 0 Å². The van der Waals surface area contributed by atoms with Gasteiger partial charge >= 0.3 is 6.09 Å². The number of terminal acetylenes is 1. The van der Waals surface area contributed by atoms with Crippen LogP contribution >= 0.6 is 0 Å². The normalized spacial score (nSPS) is 17.3. The van der Waals surface area contributed by atoms with Crippen molar-refractivity contribution in [1.82, 2.24) is 4.90 Å². The summed E-state index contributed by atoms with van der Waals surface area (Å²) in [6, 6.07) is 0.134. The molecule has 0 aromatic heterocycles. The van der Waals surface area contributed by atoms with Gasteiger partial charge in [0, 0.05) is 19.3 Å². The Hall–Kier alpha value is -1.21. The Kier molecular flexibility index (Phi) is 4.83. The smallest absolute Gasteiger partial charge is 0.411 e. The molecule has 0 aromatic carbocycles. The number of ether oxygens (including phenoxy) is 2. The molecule has 0 unspecified atom stereocenters. The highest BCUT2D eigenvalue weighted by Gasteiger charge is 2.28. The van der Waals surface area contributed by atoms with Gasteiger partial charge in [-0.1, -0.05) is 5.92 Å². The standard InChI is InChI=1S/C13H21NO3/c1-5-8-14(11-6-9-16-10-7-11)12(15)17-13(2,3)4/h1,11H,6-10H2,2-4H3. The van der Waals surface area contributed by atoms with E-state index in [9.17, 15) is 4.79 Å². The second-order valence-electron chi connectivity index (χ2n) is 5.16. The van der Waals surface area contributed by atoms with E-state index in [1.807, 2.05) is 20.8 Å². The van der Waals surface area contributed by atoms with Gasteiger partial charge in [-0.3, -0.25) is 4.90 Å². The second-order valence-corrected chi connectivity index (χ2v) is 5.16.